The van der Waals surface area contributed by atoms with Crippen LogP contribution in [0.4, 0.5) is 5.82 Å². The van der Waals surface area contributed by atoms with Gasteiger partial charge in [-0.15, -0.1) is 0 Å². The van der Waals surface area contributed by atoms with E-state index in [1.54, 1.807) is 6.07 Å². The number of sulfonamides is 1. The molecule has 0 spiro atoms. The average Bonchev–Trinajstić information content (AvgIpc) is 2.15. The Kier molecular flexibility index (Phi) is 3.10. The quantitative estimate of drug-likeness (QED) is 0.769. The fourth-order valence-electron chi connectivity index (χ4n) is 0.967. The van der Waals surface area contributed by atoms with E-state index in [0.717, 1.165) is 18.5 Å². The lowest BCUT2D eigenvalue weighted by Crippen LogP contribution is -2.12. The molecule has 1 aromatic heterocycles. The van der Waals surface area contributed by atoms with Crippen LogP contribution in [0.2, 0.25) is 0 Å². The summed E-state index contributed by atoms with van der Waals surface area (Å²) in [6.07, 6.45) is 1.91. The molecule has 0 aromatic carbocycles. The number of hydrogen-bond acceptors (Lipinski definition) is 5. The highest BCUT2D eigenvalue weighted by Crippen LogP contribution is 2.12. The maximum atomic E-state index is 10.9. The van der Waals surface area contributed by atoms with Gasteiger partial charge in [0.05, 0.1) is 17.4 Å². The first-order valence-electron chi connectivity index (χ1n) is 3.94. The summed E-state index contributed by atoms with van der Waals surface area (Å²) >= 11 is 0. The molecule has 0 aliphatic heterocycles. The second-order valence-electron chi connectivity index (χ2n) is 2.91. The van der Waals surface area contributed by atoms with Crippen LogP contribution >= 0.6 is 0 Å². The van der Waals surface area contributed by atoms with Crippen molar-refractivity contribution in [2.24, 2.45) is 0 Å². The number of carboxylic acids is 1. The van der Waals surface area contributed by atoms with E-state index in [4.69, 9.17) is 10.4 Å². The lowest BCUT2D eigenvalue weighted by Gasteiger charge is -2.04. The van der Waals surface area contributed by atoms with E-state index in [1.807, 2.05) is 4.72 Å². The lowest BCUT2D eigenvalue weighted by molar-refractivity contribution is 0.0696. The molecule has 0 atom stereocenters. The lowest BCUT2D eigenvalue weighted by atomic mass is 10.1. The van der Waals surface area contributed by atoms with Gasteiger partial charge < -0.3 is 5.11 Å². The van der Waals surface area contributed by atoms with Crippen LogP contribution in [-0.4, -0.2) is 30.7 Å². The summed E-state index contributed by atoms with van der Waals surface area (Å²) in [5.74, 6) is -1.46. The van der Waals surface area contributed by atoms with Crippen molar-refractivity contribution >= 4 is 21.8 Å². The van der Waals surface area contributed by atoms with E-state index in [1.165, 1.54) is 0 Å². The van der Waals surface area contributed by atoms with Crippen LogP contribution in [0.3, 0.4) is 0 Å². The standard InChI is InChI=1S/C8H7N3O4S/c1-16(14,15)11-7-2-6(8(12)13)5(3-9)4-10-7/h2,4H,1H3,(H,10,11)(H,12,13). The van der Waals surface area contributed by atoms with Crippen molar-refractivity contribution in [1.29, 1.82) is 5.26 Å². The van der Waals surface area contributed by atoms with Crippen LogP contribution in [0, 0.1) is 11.3 Å². The fourth-order valence-corrected chi connectivity index (χ4v) is 1.46. The van der Waals surface area contributed by atoms with Crippen LogP contribution in [0.5, 0.6) is 0 Å². The van der Waals surface area contributed by atoms with Gasteiger partial charge in [-0.05, 0) is 6.07 Å². The Hall–Kier alpha value is -2.14. The third kappa shape index (κ3) is 2.93. The van der Waals surface area contributed by atoms with Gasteiger partial charge in [0, 0.05) is 6.20 Å². The SMILES string of the molecule is CS(=O)(=O)Nc1cc(C(=O)O)c(C#N)cn1. The van der Waals surface area contributed by atoms with E-state index in [0.29, 0.717) is 0 Å². The van der Waals surface area contributed by atoms with E-state index < -0.39 is 16.0 Å². The molecule has 0 fully saturated rings. The molecule has 0 bridgehead atoms. The molecular formula is C8H7N3O4S. The third-order valence-electron chi connectivity index (χ3n) is 1.54. The molecule has 1 heterocycles. The van der Waals surface area contributed by atoms with Gasteiger partial charge in [-0.3, -0.25) is 4.72 Å². The Bertz CT molecular complexity index is 573. The first-order chi connectivity index (χ1) is 7.33. The molecule has 0 aliphatic rings. The van der Waals surface area contributed by atoms with Crippen molar-refractivity contribution in [3.05, 3.63) is 23.4 Å². The first kappa shape index (κ1) is 11.9. The number of nitrogens with one attached hydrogen (secondary N) is 1. The number of carboxylic acid groups (broad SMARTS) is 1. The molecule has 0 saturated heterocycles. The number of nitrogens with zero attached hydrogens (tertiary/aromatic N) is 2. The highest BCUT2D eigenvalue weighted by Gasteiger charge is 2.13. The Morgan fingerprint density at radius 2 is 2.25 bits per heavy atom. The van der Waals surface area contributed by atoms with Gasteiger partial charge >= 0.3 is 5.97 Å². The van der Waals surface area contributed by atoms with E-state index in [-0.39, 0.29) is 16.9 Å². The molecule has 1 rings (SSSR count). The molecule has 1 aromatic rings. The van der Waals surface area contributed by atoms with Crippen LogP contribution in [-0.2, 0) is 10.0 Å². The number of rotatable bonds is 3. The third-order valence-corrected chi connectivity index (χ3v) is 2.12. The number of aromatic nitrogens is 1. The largest absolute Gasteiger partial charge is 0.478 e. The van der Waals surface area contributed by atoms with Crippen molar-refractivity contribution < 1.29 is 18.3 Å². The minimum Gasteiger partial charge on any atom is -0.478 e. The summed E-state index contributed by atoms with van der Waals surface area (Å²) in [5, 5.41) is 17.4. The fraction of sp³-hybridized carbons (Fsp3) is 0.125. The summed E-state index contributed by atoms with van der Waals surface area (Å²) in [4.78, 5) is 14.3. The molecule has 0 radical (unpaired) electrons. The summed E-state index contributed by atoms with van der Waals surface area (Å²) in [5.41, 5.74) is -0.435. The number of aromatic carboxylic acids is 1. The van der Waals surface area contributed by atoms with Gasteiger partial charge in [0.25, 0.3) is 0 Å². The van der Waals surface area contributed by atoms with Crippen molar-refractivity contribution in [1.82, 2.24) is 4.98 Å². The van der Waals surface area contributed by atoms with Crippen molar-refractivity contribution in [3.63, 3.8) is 0 Å². The minimum atomic E-state index is -3.53. The van der Waals surface area contributed by atoms with Gasteiger partial charge in [-0.2, -0.15) is 5.26 Å². The minimum absolute atomic E-state index is 0.133. The molecule has 0 unspecified atom stereocenters. The zero-order valence-electron chi connectivity index (χ0n) is 8.13. The molecule has 84 valence electrons. The van der Waals surface area contributed by atoms with Crippen LogP contribution in [0.15, 0.2) is 12.3 Å². The van der Waals surface area contributed by atoms with E-state index in [9.17, 15) is 13.2 Å². The Morgan fingerprint density at radius 3 is 2.69 bits per heavy atom. The number of pyridine rings is 1. The van der Waals surface area contributed by atoms with Crippen molar-refractivity contribution in [3.8, 4) is 6.07 Å². The normalized spacial score (nSPS) is 10.5. The number of hydrogen-bond donors (Lipinski definition) is 2. The molecule has 2 N–H and O–H groups in total. The highest BCUT2D eigenvalue weighted by molar-refractivity contribution is 7.92. The van der Waals surface area contributed by atoms with Crippen molar-refractivity contribution in [2.75, 3.05) is 11.0 Å². The second-order valence-corrected chi connectivity index (χ2v) is 4.65. The van der Waals surface area contributed by atoms with Gasteiger partial charge in [-0.25, -0.2) is 18.2 Å². The van der Waals surface area contributed by atoms with Gasteiger partial charge in [0.1, 0.15) is 11.9 Å². The highest BCUT2D eigenvalue weighted by atomic mass is 32.2. The van der Waals surface area contributed by atoms with Gasteiger partial charge in [0.15, 0.2) is 0 Å². The zero-order valence-corrected chi connectivity index (χ0v) is 8.95. The summed E-state index contributed by atoms with van der Waals surface area (Å²) < 4.78 is 23.8. The molecule has 16 heavy (non-hydrogen) atoms. The predicted molar refractivity (Wildman–Crippen MR) is 54.4 cm³/mol. The van der Waals surface area contributed by atoms with Gasteiger partial charge in [0.2, 0.25) is 10.0 Å². The topological polar surface area (TPSA) is 120 Å². The summed E-state index contributed by atoms with van der Waals surface area (Å²) in [7, 11) is -3.53. The molecular weight excluding hydrogens is 234 g/mol. The van der Waals surface area contributed by atoms with Gasteiger partial charge in [-0.1, -0.05) is 0 Å². The zero-order chi connectivity index (χ0) is 12.3. The first-order valence-corrected chi connectivity index (χ1v) is 5.84. The number of carbonyl (C=O) groups is 1. The number of nitriles is 1. The van der Waals surface area contributed by atoms with Crippen LogP contribution in [0.1, 0.15) is 15.9 Å². The monoisotopic (exact) mass is 241 g/mol. The van der Waals surface area contributed by atoms with Crippen molar-refractivity contribution in [2.45, 2.75) is 0 Å². The maximum absolute atomic E-state index is 10.9. The molecule has 0 amide bonds. The molecule has 0 saturated carbocycles. The molecule has 8 heteroatoms. The summed E-state index contributed by atoms with van der Waals surface area (Å²) in [6.45, 7) is 0. The average molecular weight is 241 g/mol. The van der Waals surface area contributed by atoms with E-state index >= 15 is 0 Å². The van der Waals surface area contributed by atoms with Crippen LogP contribution in [0.25, 0.3) is 0 Å². The molecule has 7 nitrogen and oxygen atoms in total. The maximum Gasteiger partial charge on any atom is 0.337 e. The predicted octanol–water partition coefficient (Wildman–Crippen LogP) is 0.0230. The van der Waals surface area contributed by atoms with E-state index in [2.05, 4.69) is 4.98 Å². The smallest absolute Gasteiger partial charge is 0.337 e. The van der Waals surface area contributed by atoms with Crippen LogP contribution < -0.4 is 4.72 Å². The Labute approximate surface area is 91.4 Å². The summed E-state index contributed by atoms with van der Waals surface area (Å²) in [6, 6.07) is 2.63. The Morgan fingerprint density at radius 1 is 1.62 bits per heavy atom. The number of anilines is 1. The second kappa shape index (κ2) is 4.16. The Balaban J connectivity index is 3.24. The molecule has 0 aliphatic carbocycles.